The van der Waals surface area contributed by atoms with E-state index in [0.717, 1.165) is 31.7 Å². The van der Waals surface area contributed by atoms with E-state index in [1.807, 2.05) is 11.1 Å². The van der Waals surface area contributed by atoms with Crippen LogP contribution in [-0.2, 0) is 4.79 Å². The molecule has 0 radical (unpaired) electrons. The summed E-state index contributed by atoms with van der Waals surface area (Å²) in [5.74, 6) is 2.12. The van der Waals surface area contributed by atoms with Crippen LogP contribution in [0.15, 0.2) is 18.3 Å². The molecule has 0 atom stereocenters. The first-order valence-corrected chi connectivity index (χ1v) is 7.65. The van der Waals surface area contributed by atoms with E-state index >= 15 is 0 Å². The van der Waals surface area contributed by atoms with Gasteiger partial charge in [0.15, 0.2) is 0 Å². The number of rotatable bonds is 4. The van der Waals surface area contributed by atoms with Gasteiger partial charge in [-0.2, -0.15) is 0 Å². The van der Waals surface area contributed by atoms with Crippen LogP contribution in [-0.4, -0.2) is 34.9 Å². The minimum absolute atomic E-state index is 0.318. The highest BCUT2D eigenvalue weighted by atomic mass is 16.2. The Labute approximate surface area is 120 Å². The lowest BCUT2D eigenvalue weighted by Gasteiger charge is -2.43. The molecule has 20 heavy (non-hydrogen) atoms. The molecule has 0 aromatic carbocycles. The van der Waals surface area contributed by atoms with Crippen molar-refractivity contribution in [1.82, 2.24) is 9.88 Å². The molecule has 2 fully saturated rings. The maximum atomic E-state index is 12.0. The third-order valence-electron chi connectivity index (χ3n) is 4.45. The number of nitrogens with zero attached hydrogens (tertiary/aromatic N) is 2. The Morgan fingerprint density at radius 3 is 2.75 bits per heavy atom. The molecule has 0 unspecified atom stereocenters. The SMILES string of the molecule is CC(C)c1ccnc(NC2CN(C(=O)C3CCC3)C2)c1. The number of likely N-dealkylation sites (tertiary alicyclic amines) is 1. The topological polar surface area (TPSA) is 45.2 Å². The fraction of sp³-hybridized carbons (Fsp3) is 0.625. The average Bonchev–Trinajstić information content (AvgIpc) is 2.31. The Hall–Kier alpha value is -1.58. The summed E-state index contributed by atoms with van der Waals surface area (Å²) in [6.07, 6.45) is 5.25. The molecule has 2 aliphatic rings. The minimum atomic E-state index is 0.318. The highest BCUT2D eigenvalue weighted by Crippen LogP contribution is 2.30. The third-order valence-corrected chi connectivity index (χ3v) is 4.45. The van der Waals surface area contributed by atoms with E-state index in [0.29, 0.717) is 23.8 Å². The number of pyridine rings is 1. The minimum Gasteiger partial charge on any atom is -0.364 e. The fourth-order valence-electron chi connectivity index (χ4n) is 2.76. The van der Waals surface area contributed by atoms with Crippen LogP contribution in [0, 0.1) is 5.92 Å². The number of hydrogen-bond acceptors (Lipinski definition) is 3. The van der Waals surface area contributed by atoms with Gasteiger partial charge in [0.2, 0.25) is 5.91 Å². The van der Waals surface area contributed by atoms with Gasteiger partial charge in [0, 0.05) is 25.2 Å². The van der Waals surface area contributed by atoms with Crippen LogP contribution in [0.2, 0.25) is 0 Å². The molecule has 1 amide bonds. The summed E-state index contributed by atoms with van der Waals surface area (Å²) in [4.78, 5) is 18.4. The number of nitrogens with one attached hydrogen (secondary N) is 1. The van der Waals surface area contributed by atoms with Crippen molar-refractivity contribution in [3.63, 3.8) is 0 Å². The smallest absolute Gasteiger partial charge is 0.225 e. The molecule has 1 aliphatic heterocycles. The Bertz CT molecular complexity index is 490. The van der Waals surface area contributed by atoms with Crippen LogP contribution >= 0.6 is 0 Å². The Balaban J connectivity index is 1.51. The highest BCUT2D eigenvalue weighted by molar-refractivity contribution is 5.80. The van der Waals surface area contributed by atoms with E-state index in [1.165, 1.54) is 12.0 Å². The Kier molecular flexibility index (Phi) is 3.64. The van der Waals surface area contributed by atoms with Crippen LogP contribution in [0.5, 0.6) is 0 Å². The van der Waals surface area contributed by atoms with Crippen molar-refractivity contribution in [2.24, 2.45) is 5.92 Å². The zero-order chi connectivity index (χ0) is 14.1. The number of aromatic nitrogens is 1. The quantitative estimate of drug-likeness (QED) is 0.917. The predicted molar refractivity (Wildman–Crippen MR) is 79.7 cm³/mol. The standard InChI is InChI=1S/C16H23N3O/c1-11(2)13-6-7-17-15(8-13)18-14-9-19(10-14)16(20)12-4-3-5-12/h6-8,11-12,14H,3-5,9-10H2,1-2H3,(H,17,18). The lowest BCUT2D eigenvalue weighted by Crippen LogP contribution is -2.59. The van der Waals surface area contributed by atoms with E-state index in [2.05, 4.69) is 36.3 Å². The monoisotopic (exact) mass is 273 g/mol. The van der Waals surface area contributed by atoms with Gasteiger partial charge in [0.1, 0.15) is 5.82 Å². The van der Waals surface area contributed by atoms with Crippen molar-refractivity contribution in [3.8, 4) is 0 Å². The Morgan fingerprint density at radius 1 is 1.40 bits per heavy atom. The van der Waals surface area contributed by atoms with E-state index in [1.54, 1.807) is 0 Å². The molecule has 1 aromatic rings. The molecule has 0 bridgehead atoms. The van der Waals surface area contributed by atoms with Gasteiger partial charge in [-0.25, -0.2) is 4.98 Å². The molecule has 3 rings (SSSR count). The first kappa shape index (κ1) is 13.4. The largest absolute Gasteiger partial charge is 0.364 e. The van der Waals surface area contributed by atoms with Crippen LogP contribution in [0.1, 0.15) is 44.6 Å². The summed E-state index contributed by atoms with van der Waals surface area (Å²) in [5.41, 5.74) is 1.30. The first-order chi connectivity index (χ1) is 9.63. The number of amides is 1. The normalized spacial score (nSPS) is 19.6. The van der Waals surface area contributed by atoms with Gasteiger partial charge in [0.05, 0.1) is 6.04 Å². The van der Waals surface area contributed by atoms with E-state index in [9.17, 15) is 4.79 Å². The van der Waals surface area contributed by atoms with Crippen molar-refractivity contribution >= 4 is 11.7 Å². The van der Waals surface area contributed by atoms with Gasteiger partial charge < -0.3 is 10.2 Å². The van der Waals surface area contributed by atoms with E-state index < -0.39 is 0 Å². The average molecular weight is 273 g/mol. The van der Waals surface area contributed by atoms with Gasteiger partial charge >= 0.3 is 0 Å². The van der Waals surface area contributed by atoms with Crippen LogP contribution < -0.4 is 5.32 Å². The van der Waals surface area contributed by atoms with Gasteiger partial charge in [-0.3, -0.25) is 4.79 Å². The number of anilines is 1. The first-order valence-electron chi connectivity index (χ1n) is 7.65. The highest BCUT2D eigenvalue weighted by Gasteiger charge is 2.36. The summed E-state index contributed by atoms with van der Waals surface area (Å²) in [6.45, 7) is 6.01. The molecule has 0 spiro atoms. The van der Waals surface area contributed by atoms with Gasteiger partial charge in [0.25, 0.3) is 0 Å². The second-order valence-electron chi connectivity index (χ2n) is 6.34. The summed E-state index contributed by atoms with van der Waals surface area (Å²) in [7, 11) is 0. The molecule has 1 saturated carbocycles. The summed E-state index contributed by atoms with van der Waals surface area (Å²) in [5, 5.41) is 3.43. The molecular formula is C16H23N3O. The fourth-order valence-corrected chi connectivity index (χ4v) is 2.76. The molecular weight excluding hydrogens is 250 g/mol. The van der Waals surface area contributed by atoms with Crippen LogP contribution in [0.3, 0.4) is 0 Å². The summed E-state index contributed by atoms with van der Waals surface area (Å²) in [6, 6.07) is 4.53. The van der Waals surface area contributed by atoms with Gasteiger partial charge in [-0.1, -0.05) is 20.3 Å². The second-order valence-corrected chi connectivity index (χ2v) is 6.34. The van der Waals surface area contributed by atoms with Crippen molar-refractivity contribution in [1.29, 1.82) is 0 Å². The van der Waals surface area contributed by atoms with Crippen LogP contribution in [0.4, 0.5) is 5.82 Å². The van der Waals surface area contributed by atoms with Crippen molar-refractivity contribution in [2.45, 2.75) is 45.1 Å². The Morgan fingerprint density at radius 2 is 2.15 bits per heavy atom. The zero-order valence-electron chi connectivity index (χ0n) is 12.3. The van der Waals surface area contributed by atoms with Gasteiger partial charge in [-0.15, -0.1) is 0 Å². The lowest BCUT2D eigenvalue weighted by molar-refractivity contribution is -0.142. The maximum absolute atomic E-state index is 12.0. The molecule has 1 N–H and O–H groups in total. The second kappa shape index (κ2) is 5.43. The van der Waals surface area contributed by atoms with Crippen molar-refractivity contribution < 1.29 is 4.79 Å². The molecule has 1 aromatic heterocycles. The van der Waals surface area contributed by atoms with E-state index in [-0.39, 0.29) is 0 Å². The predicted octanol–water partition coefficient (Wildman–Crippen LogP) is 2.63. The number of carbonyl (C=O) groups excluding carboxylic acids is 1. The molecule has 4 nitrogen and oxygen atoms in total. The summed E-state index contributed by atoms with van der Waals surface area (Å²) < 4.78 is 0. The maximum Gasteiger partial charge on any atom is 0.225 e. The molecule has 1 aliphatic carbocycles. The molecule has 4 heteroatoms. The van der Waals surface area contributed by atoms with Crippen molar-refractivity contribution in [2.75, 3.05) is 18.4 Å². The molecule has 1 saturated heterocycles. The number of carbonyl (C=O) groups is 1. The number of hydrogen-bond donors (Lipinski definition) is 1. The lowest BCUT2D eigenvalue weighted by atomic mass is 9.83. The zero-order valence-corrected chi connectivity index (χ0v) is 12.3. The molecule has 108 valence electrons. The third kappa shape index (κ3) is 2.65. The van der Waals surface area contributed by atoms with Gasteiger partial charge in [-0.05, 0) is 36.5 Å². The van der Waals surface area contributed by atoms with E-state index in [4.69, 9.17) is 0 Å². The van der Waals surface area contributed by atoms with Crippen molar-refractivity contribution in [3.05, 3.63) is 23.9 Å². The molecule has 2 heterocycles. The van der Waals surface area contributed by atoms with Crippen LogP contribution in [0.25, 0.3) is 0 Å². The summed E-state index contributed by atoms with van der Waals surface area (Å²) >= 11 is 0.